The summed E-state index contributed by atoms with van der Waals surface area (Å²) < 4.78 is 0. The Bertz CT molecular complexity index is 899. The van der Waals surface area contributed by atoms with Gasteiger partial charge in [0.15, 0.2) is 0 Å². The summed E-state index contributed by atoms with van der Waals surface area (Å²) in [4.78, 5) is 37.7. The lowest BCUT2D eigenvalue weighted by molar-refractivity contribution is -0.126. The van der Waals surface area contributed by atoms with E-state index in [9.17, 15) is 14.4 Å². The molecule has 1 aromatic heterocycles. The Labute approximate surface area is 189 Å². The van der Waals surface area contributed by atoms with Gasteiger partial charge in [-0.05, 0) is 48.4 Å². The van der Waals surface area contributed by atoms with Gasteiger partial charge in [0.1, 0.15) is 0 Å². The lowest BCUT2D eigenvalue weighted by atomic mass is 9.96. The monoisotopic (exact) mass is 467 g/mol. The fraction of sp³-hybridized carbons (Fsp3) is 0.381. The van der Waals surface area contributed by atoms with Crippen molar-refractivity contribution in [1.82, 2.24) is 16.0 Å². The second-order valence-electron chi connectivity index (χ2n) is 7.19. The fourth-order valence-electron chi connectivity index (χ4n) is 3.58. The van der Waals surface area contributed by atoms with E-state index in [0.29, 0.717) is 10.9 Å². The van der Waals surface area contributed by atoms with E-state index in [1.54, 1.807) is 17.4 Å². The maximum Gasteiger partial charge on any atom is 0.253 e. The second-order valence-corrected chi connectivity index (χ2v) is 9.01. The smallest absolute Gasteiger partial charge is 0.253 e. The van der Waals surface area contributed by atoms with Gasteiger partial charge in [-0.2, -0.15) is 0 Å². The number of nitrogens with one attached hydrogen (secondary N) is 3. The van der Waals surface area contributed by atoms with Crippen molar-refractivity contribution in [2.45, 2.75) is 31.7 Å². The van der Waals surface area contributed by atoms with Crippen molar-refractivity contribution in [1.29, 1.82) is 0 Å². The Morgan fingerprint density at radius 3 is 2.43 bits per heavy atom. The maximum absolute atomic E-state index is 12.4. The molecule has 3 N–H and O–H groups in total. The fourth-order valence-corrected chi connectivity index (χ4v) is 4.94. The molecule has 1 heterocycles. The molecule has 6 nitrogen and oxygen atoms in total. The van der Waals surface area contributed by atoms with E-state index in [-0.39, 0.29) is 35.6 Å². The van der Waals surface area contributed by atoms with Crippen LogP contribution in [0.15, 0.2) is 35.7 Å². The van der Waals surface area contributed by atoms with E-state index in [0.717, 1.165) is 17.7 Å². The number of carbonyl (C=O) groups excluding carboxylic acids is 3. The van der Waals surface area contributed by atoms with Crippen LogP contribution in [-0.4, -0.2) is 30.8 Å². The van der Waals surface area contributed by atoms with Crippen molar-refractivity contribution in [2.75, 3.05) is 13.1 Å². The first-order chi connectivity index (χ1) is 14.4. The van der Waals surface area contributed by atoms with Crippen molar-refractivity contribution in [3.05, 3.63) is 56.2 Å². The summed E-state index contributed by atoms with van der Waals surface area (Å²) in [5, 5.41) is 10.7. The Balaban J connectivity index is 1.45. The molecule has 0 saturated heterocycles. The standard InChI is InChI=1S/C21H23Cl2N3O3S/c22-14-7-8-15(16(23)10-14)21(29)25-11-18(27)24-12-19(28)26-20(13-4-1-2-5-13)17-6-3-9-30-17/h3,6-10,13,20H,1-2,4-5,11-12H2,(H,24,27)(H,25,29)(H,26,28). The molecule has 1 aliphatic carbocycles. The van der Waals surface area contributed by atoms with Gasteiger partial charge in [-0.15, -0.1) is 11.3 Å². The molecule has 1 saturated carbocycles. The molecule has 1 aromatic carbocycles. The van der Waals surface area contributed by atoms with Crippen molar-refractivity contribution >= 4 is 52.3 Å². The minimum atomic E-state index is -0.490. The molecule has 1 atom stereocenters. The molecular formula is C21H23Cl2N3O3S. The van der Waals surface area contributed by atoms with E-state index in [1.807, 2.05) is 17.5 Å². The van der Waals surface area contributed by atoms with Crippen LogP contribution < -0.4 is 16.0 Å². The van der Waals surface area contributed by atoms with Crippen LogP contribution in [0.4, 0.5) is 0 Å². The van der Waals surface area contributed by atoms with E-state index in [4.69, 9.17) is 23.2 Å². The molecule has 160 valence electrons. The summed E-state index contributed by atoms with van der Waals surface area (Å²) in [6.45, 7) is -0.410. The van der Waals surface area contributed by atoms with Gasteiger partial charge in [0.2, 0.25) is 11.8 Å². The average molecular weight is 468 g/mol. The van der Waals surface area contributed by atoms with Gasteiger partial charge >= 0.3 is 0 Å². The molecule has 3 rings (SSSR count). The lowest BCUT2D eigenvalue weighted by Gasteiger charge is -2.24. The predicted molar refractivity (Wildman–Crippen MR) is 119 cm³/mol. The number of carbonyl (C=O) groups is 3. The molecule has 3 amide bonds. The molecular weight excluding hydrogens is 445 g/mol. The molecule has 0 radical (unpaired) electrons. The van der Waals surface area contributed by atoms with E-state index >= 15 is 0 Å². The highest BCUT2D eigenvalue weighted by molar-refractivity contribution is 7.10. The Hall–Kier alpha value is -2.09. The highest BCUT2D eigenvalue weighted by atomic mass is 35.5. The van der Waals surface area contributed by atoms with Crippen LogP contribution in [0.25, 0.3) is 0 Å². The number of hydrogen-bond donors (Lipinski definition) is 3. The molecule has 2 aromatic rings. The molecule has 30 heavy (non-hydrogen) atoms. The van der Waals surface area contributed by atoms with Gasteiger partial charge in [0.25, 0.3) is 5.91 Å². The second kappa shape index (κ2) is 10.8. The van der Waals surface area contributed by atoms with Crippen LogP contribution in [0.1, 0.15) is 47.0 Å². The largest absolute Gasteiger partial charge is 0.347 e. The summed E-state index contributed by atoms with van der Waals surface area (Å²) in [5.41, 5.74) is 0.224. The zero-order valence-corrected chi connectivity index (χ0v) is 18.6. The Morgan fingerprint density at radius 1 is 1.03 bits per heavy atom. The number of hydrogen-bond acceptors (Lipinski definition) is 4. The van der Waals surface area contributed by atoms with Crippen molar-refractivity contribution in [3.8, 4) is 0 Å². The van der Waals surface area contributed by atoms with Crippen LogP contribution in [0.2, 0.25) is 10.0 Å². The minimum absolute atomic E-state index is 0.0244. The summed E-state index contributed by atoms with van der Waals surface area (Å²) in [7, 11) is 0. The van der Waals surface area contributed by atoms with Crippen LogP contribution in [-0.2, 0) is 9.59 Å². The molecule has 9 heteroatoms. The zero-order valence-electron chi connectivity index (χ0n) is 16.3. The summed E-state index contributed by atoms with van der Waals surface area (Å²) in [5.74, 6) is -0.778. The van der Waals surface area contributed by atoms with Crippen molar-refractivity contribution in [2.24, 2.45) is 5.92 Å². The summed E-state index contributed by atoms with van der Waals surface area (Å²) in [6, 6.07) is 8.47. The van der Waals surface area contributed by atoms with Gasteiger partial charge in [-0.25, -0.2) is 0 Å². The Morgan fingerprint density at radius 2 is 1.77 bits per heavy atom. The zero-order chi connectivity index (χ0) is 21.5. The number of thiophene rings is 1. The molecule has 0 spiro atoms. The quantitative estimate of drug-likeness (QED) is 0.549. The van der Waals surface area contributed by atoms with Crippen LogP contribution in [0.5, 0.6) is 0 Å². The van der Waals surface area contributed by atoms with E-state index in [2.05, 4.69) is 16.0 Å². The summed E-state index contributed by atoms with van der Waals surface area (Å²) in [6.07, 6.45) is 4.54. The average Bonchev–Trinajstić information content (AvgIpc) is 3.43. The molecule has 0 bridgehead atoms. The lowest BCUT2D eigenvalue weighted by Crippen LogP contribution is -2.43. The third kappa shape index (κ3) is 6.20. The van der Waals surface area contributed by atoms with Crippen LogP contribution >= 0.6 is 34.5 Å². The van der Waals surface area contributed by atoms with Crippen LogP contribution in [0.3, 0.4) is 0 Å². The predicted octanol–water partition coefficient (Wildman–Crippen LogP) is 3.95. The molecule has 0 aliphatic heterocycles. The SMILES string of the molecule is O=C(CNC(=O)c1ccc(Cl)cc1Cl)NCC(=O)NC(c1cccs1)C1CCCC1. The first-order valence-corrected chi connectivity index (χ1v) is 11.4. The first kappa shape index (κ1) is 22.6. The first-order valence-electron chi connectivity index (χ1n) is 9.76. The van der Waals surface area contributed by atoms with Gasteiger partial charge in [0.05, 0.1) is 29.7 Å². The van der Waals surface area contributed by atoms with Crippen LogP contribution in [0, 0.1) is 5.92 Å². The van der Waals surface area contributed by atoms with Crippen molar-refractivity contribution < 1.29 is 14.4 Å². The third-order valence-corrected chi connectivity index (χ3v) is 6.57. The highest BCUT2D eigenvalue weighted by Crippen LogP contribution is 2.37. The summed E-state index contributed by atoms with van der Waals surface area (Å²) >= 11 is 13.4. The van der Waals surface area contributed by atoms with Gasteiger partial charge < -0.3 is 16.0 Å². The topological polar surface area (TPSA) is 87.3 Å². The highest BCUT2D eigenvalue weighted by Gasteiger charge is 2.28. The number of rotatable bonds is 8. The molecule has 1 unspecified atom stereocenters. The normalized spacial score (nSPS) is 14.9. The third-order valence-electron chi connectivity index (χ3n) is 5.07. The van der Waals surface area contributed by atoms with E-state index in [1.165, 1.54) is 25.0 Å². The minimum Gasteiger partial charge on any atom is -0.347 e. The van der Waals surface area contributed by atoms with Gasteiger partial charge in [0, 0.05) is 9.90 Å². The Kier molecular flexibility index (Phi) is 8.13. The van der Waals surface area contributed by atoms with Crippen molar-refractivity contribution in [3.63, 3.8) is 0 Å². The molecule has 1 aliphatic rings. The van der Waals surface area contributed by atoms with Gasteiger partial charge in [-0.1, -0.05) is 42.1 Å². The number of benzene rings is 1. The number of halogens is 2. The molecule has 1 fully saturated rings. The maximum atomic E-state index is 12.4. The van der Waals surface area contributed by atoms with E-state index < -0.39 is 11.8 Å². The number of amides is 3. The van der Waals surface area contributed by atoms with Gasteiger partial charge in [-0.3, -0.25) is 14.4 Å².